The van der Waals surface area contributed by atoms with E-state index in [1.54, 1.807) is 24.3 Å². The molecule has 4 rings (SSSR count). The van der Waals surface area contributed by atoms with Crippen LogP contribution in [0.3, 0.4) is 0 Å². The van der Waals surface area contributed by atoms with Crippen molar-refractivity contribution >= 4 is 27.9 Å². The van der Waals surface area contributed by atoms with E-state index in [-0.39, 0.29) is 28.7 Å². The lowest BCUT2D eigenvalue weighted by molar-refractivity contribution is -0.385. The number of methoxy groups -OCH3 is 1. The number of ether oxygens (including phenoxy) is 3. The summed E-state index contributed by atoms with van der Waals surface area (Å²) in [6, 6.07) is 14.7. The van der Waals surface area contributed by atoms with E-state index in [4.69, 9.17) is 18.4 Å². The normalized spacial score (nSPS) is 14.7. The zero-order valence-electron chi connectivity index (χ0n) is 19.6. The van der Waals surface area contributed by atoms with Gasteiger partial charge in [-0.15, -0.1) is 0 Å². The van der Waals surface area contributed by atoms with E-state index < -0.39 is 27.1 Å². The number of carbonyl (C=O) groups excluding carboxylic acids is 1. The number of nitro benzene ring substituents is 1. The van der Waals surface area contributed by atoms with Crippen molar-refractivity contribution in [3.8, 4) is 23.0 Å². The summed E-state index contributed by atoms with van der Waals surface area (Å²) in [6.07, 6.45) is 0.430. The molecule has 3 aromatic rings. The number of nitrogens with one attached hydrogen (secondary N) is 1. The third-order valence-electron chi connectivity index (χ3n) is 5.24. The fourth-order valence-corrected chi connectivity index (χ4v) is 4.29. The Balaban J connectivity index is 1.43. The van der Waals surface area contributed by atoms with Crippen LogP contribution >= 0.6 is 0 Å². The van der Waals surface area contributed by atoms with Crippen molar-refractivity contribution < 1.29 is 36.5 Å². The minimum absolute atomic E-state index is 0.0246. The fourth-order valence-electron chi connectivity index (χ4n) is 3.33. The molecule has 0 bridgehead atoms. The van der Waals surface area contributed by atoms with Crippen molar-refractivity contribution in [1.82, 2.24) is 5.43 Å². The molecular formula is C24H21N3O9S. The first-order valence-corrected chi connectivity index (χ1v) is 12.2. The average Bonchev–Trinajstić information content (AvgIpc) is 2.88. The molecule has 0 fully saturated rings. The molecule has 0 unspecified atom stereocenters. The van der Waals surface area contributed by atoms with Crippen LogP contribution in [0.15, 0.2) is 70.7 Å². The highest BCUT2D eigenvalue weighted by Gasteiger charge is 2.27. The fraction of sp³-hybridized carbons (Fsp3) is 0.167. The van der Waals surface area contributed by atoms with Crippen molar-refractivity contribution in [1.29, 1.82) is 0 Å². The highest BCUT2D eigenvalue weighted by molar-refractivity contribution is 7.87. The molecule has 1 amide bonds. The van der Waals surface area contributed by atoms with Gasteiger partial charge in [0.1, 0.15) is 11.5 Å². The van der Waals surface area contributed by atoms with Gasteiger partial charge in [-0.1, -0.05) is 18.2 Å². The minimum atomic E-state index is -4.39. The molecule has 1 atom stereocenters. The van der Waals surface area contributed by atoms with Crippen molar-refractivity contribution in [2.45, 2.75) is 17.9 Å². The van der Waals surface area contributed by atoms with Crippen LogP contribution in [0.4, 0.5) is 5.69 Å². The zero-order valence-corrected chi connectivity index (χ0v) is 20.4. The van der Waals surface area contributed by atoms with Gasteiger partial charge in [0.25, 0.3) is 11.6 Å². The maximum absolute atomic E-state index is 12.7. The lowest BCUT2D eigenvalue weighted by Crippen LogP contribution is -2.42. The summed E-state index contributed by atoms with van der Waals surface area (Å²) >= 11 is 0. The third-order valence-corrected chi connectivity index (χ3v) is 6.47. The van der Waals surface area contributed by atoms with Crippen molar-refractivity contribution in [2.75, 3.05) is 13.7 Å². The number of amides is 1. The Kier molecular flexibility index (Phi) is 7.25. The van der Waals surface area contributed by atoms with Crippen molar-refractivity contribution in [3.05, 3.63) is 81.9 Å². The number of para-hydroxylation sites is 2. The molecule has 1 heterocycles. The highest BCUT2D eigenvalue weighted by atomic mass is 32.2. The van der Waals surface area contributed by atoms with E-state index in [0.29, 0.717) is 22.6 Å². The van der Waals surface area contributed by atoms with Gasteiger partial charge in [-0.05, 0) is 48.9 Å². The van der Waals surface area contributed by atoms with E-state index in [1.165, 1.54) is 50.6 Å². The Morgan fingerprint density at radius 1 is 1.14 bits per heavy atom. The molecule has 192 valence electrons. The van der Waals surface area contributed by atoms with Gasteiger partial charge < -0.3 is 18.4 Å². The minimum Gasteiger partial charge on any atom is -0.493 e. The van der Waals surface area contributed by atoms with Gasteiger partial charge in [0, 0.05) is 11.6 Å². The summed E-state index contributed by atoms with van der Waals surface area (Å²) in [5.74, 6) is 0.399. The van der Waals surface area contributed by atoms with Gasteiger partial charge in [0.2, 0.25) is 6.10 Å². The summed E-state index contributed by atoms with van der Waals surface area (Å²) in [5.41, 5.74) is 2.78. The Hall–Kier alpha value is -4.65. The average molecular weight is 528 g/mol. The smallest absolute Gasteiger partial charge is 0.339 e. The third kappa shape index (κ3) is 5.78. The number of benzene rings is 3. The molecule has 0 saturated carbocycles. The van der Waals surface area contributed by atoms with E-state index in [1.807, 2.05) is 0 Å². The van der Waals surface area contributed by atoms with Crippen LogP contribution in [0, 0.1) is 17.0 Å². The lowest BCUT2D eigenvalue weighted by Gasteiger charge is -2.24. The van der Waals surface area contributed by atoms with Crippen LogP contribution < -0.4 is 23.8 Å². The molecule has 0 aliphatic carbocycles. The van der Waals surface area contributed by atoms with Crippen LogP contribution in [0.1, 0.15) is 11.1 Å². The monoisotopic (exact) mass is 527 g/mol. The number of hydrazone groups is 1. The van der Waals surface area contributed by atoms with Crippen LogP contribution in [0.5, 0.6) is 23.0 Å². The molecule has 0 radical (unpaired) electrons. The first kappa shape index (κ1) is 25.4. The molecule has 1 aliphatic heterocycles. The molecule has 13 heteroatoms. The summed E-state index contributed by atoms with van der Waals surface area (Å²) < 4.78 is 47.0. The largest absolute Gasteiger partial charge is 0.493 e. The number of nitro groups is 1. The summed E-state index contributed by atoms with van der Waals surface area (Å²) in [6.45, 7) is 1.52. The van der Waals surface area contributed by atoms with E-state index in [9.17, 15) is 23.3 Å². The number of hydrogen-bond acceptors (Lipinski definition) is 10. The second kappa shape index (κ2) is 10.5. The Morgan fingerprint density at radius 2 is 1.89 bits per heavy atom. The number of fused-ring (bicyclic) bond motifs is 1. The Bertz CT molecular complexity index is 1490. The predicted octanol–water partition coefficient (Wildman–Crippen LogP) is 2.97. The summed E-state index contributed by atoms with van der Waals surface area (Å²) in [5, 5.41) is 15.1. The first-order chi connectivity index (χ1) is 17.7. The molecule has 12 nitrogen and oxygen atoms in total. The van der Waals surface area contributed by atoms with Crippen LogP contribution in [-0.4, -0.2) is 45.3 Å². The number of hydrogen-bond donors (Lipinski definition) is 1. The molecule has 1 aliphatic rings. The number of nitrogens with zero attached hydrogens (tertiary/aromatic N) is 2. The van der Waals surface area contributed by atoms with E-state index in [0.717, 1.165) is 6.07 Å². The molecule has 0 spiro atoms. The van der Waals surface area contributed by atoms with Gasteiger partial charge in [-0.25, -0.2) is 5.43 Å². The second-order valence-corrected chi connectivity index (χ2v) is 9.30. The highest BCUT2D eigenvalue weighted by Crippen LogP contribution is 2.32. The quantitative estimate of drug-likeness (QED) is 0.201. The number of aryl methyl sites for hydroxylation is 1. The molecule has 37 heavy (non-hydrogen) atoms. The standard InChI is InChI=1S/C24H21N3O9S/c1-15-7-9-17(12-18(15)27(29)30)37(31,32)36-21-10-8-16(11-22(21)33-2)13-25-26-24(28)23-14-34-19-5-3-4-6-20(19)35-23/h3-13,23H,14H2,1-2H3,(H,26,28)/b25-13-/t23-/m0/s1. The Morgan fingerprint density at radius 3 is 2.62 bits per heavy atom. The lowest BCUT2D eigenvalue weighted by atomic mass is 10.2. The van der Waals surface area contributed by atoms with Gasteiger partial charge in [0.05, 0.1) is 18.2 Å². The molecular weight excluding hydrogens is 506 g/mol. The van der Waals surface area contributed by atoms with Gasteiger partial charge >= 0.3 is 10.1 Å². The van der Waals surface area contributed by atoms with Crippen LogP contribution in [-0.2, 0) is 14.9 Å². The maximum atomic E-state index is 12.7. The van der Waals surface area contributed by atoms with E-state index in [2.05, 4.69) is 10.5 Å². The molecule has 0 saturated heterocycles. The number of rotatable bonds is 8. The van der Waals surface area contributed by atoms with Gasteiger partial charge in [-0.3, -0.25) is 14.9 Å². The number of carbonyl (C=O) groups is 1. The molecule has 0 aromatic heterocycles. The van der Waals surface area contributed by atoms with Gasteiger partial charge in [0.15, 0.2) is 23.0 Å². The van der Waals surface area contributed by atoms with Crippen LogP contribution in [0.25, 0.3) is 0 Å². The van der Waals surface area contributed by atoms with Crippen molar-refractivity contribution in [2.24, 2.45) is 5.10 Å². The topological polar surface area (TPSA) is 156 Å². The zero-order chi connectivity index (χ0) is 26.6. The van der Waals surface area contributed by atoms with Crippen molar-refractivity contribution in [3.63, 3.8) is 0 Å². The first-order valence-electron chi connectivity index (χ1n) is 10.8. The predicted molar refractivity (Wildman–Crippen MR) is 131 cm³/mol. The van der Waals surface area contributed by atoms with Crippen LogP contribution in [0.2, 0.25) is 0 Å². The Labute approximate surface area is 211 Å². The van der Waals surface area contributed by atoms with E-state index >= 15 is 0 Å². The summed E-state index contributed by atoms with van der Waals surface area (Å²) in [4.78, 5) is 22.5. The second-order valence-electron chi connectivity index (χ2n) is 7.75. The molecule has 1 N–H and O–H groups in total. The SMILES string of the molecule is COc1cc(/C=N\NC(=O)[C@@H]2COc3ccccc3O2)ccc1OS(=O)(=O)c1ccc(C)c([N+](=O)[O-])c1. The summed E-state index contributed by atoms with van der Waals surface area (Å²) in [7, 11) is -3.08. The maximum Gasteiger partial charge on any atom is 0.339 e. The van der Waals surface area contributed by atoms with Gasteiger partial charge in [-0.2, -0.15) is 13.5 Å². The molecule has 3 aromatic carbocycles.